The van der Waals surface area contributed by atoms with Crippen LogP contribution in [0.25, 0.3) is 0 Å². The van der Waals surface area contributed by atoms with Crippen molar-refractivity contribution in [3.05, 3.63) is 0 Å². The summed E-state index contributed by atoms with van der Waals surface area (Å²) in [6, 6.07) is 1.27. The quantitative estimate of drug-likeness (QED) is 0.552. The van der Waals surface area contributed by atoms with Gasteiger partial charge in [0.25, 0.3) is 0 Å². The third-order valence-electron chi connectivity index (χ3n) is 3.16. The molecule has 2 atom stereocenters. The molecule has 0 saturated carbocycles. The van der Waals surface area contributed by atoms with Gasteiger partial charge in [0, 0.05) is 25.2 Å². The molecule has 3 nitrogen and oxygen atoms in total. The molecule has 0 spiro atoms. The second-order valence-electron chi connectivity index (χ2n) is 3.86. The smallest absolute Gasteiger partial charge is 0.0635 e. The Morgan fingerprint density at radius 3 is 2.33 bits per heavy atom. The maximum Gasteiger partial charge on any atom is 0.0635 e. The van der Waals surface area contributed by atoms with Crippen LogP contribution in [-0.4, -0.2) is 61.8 Å². The van der Waals surface area contributed by atoms with E-state index in [4.69, 9.17) is 4.74 Å². The maximum atomic E-state index is 5.53. The molecule has 2 heterocycles. The van der Waals surface area contributed by atoms with Crippen LogP contribution in [-0.2, 0) is 4.74 Å². The van der Waals surface area contributed by atoms with E-state index < -0.39 is 0 Å². The molecule has 2 saturated heterocycles. The number of likely N-dealkylation sites (N-methyl/N-ethyl adjacent to an activating group) is 2. The molecule has 0 aromatic rings. The molecule has 2 rings (SSSR count). The highest BCUT2D eigenvalue weighted by Gasteiger charge is 2.34. The van der Waals surface area contributed by atoms with Crippen molar-refractivity contribution < 1.29 is 4.74 Å². The average Bonchev–Trinajstić information content (AvgIpc) is 2.04. The predicted molar refractivity (Wildman–Crippen MR) is 48.3 cm³/mol. The number of ether oxygens (including phenoxy) is 1. The van der Waals surface area contributed by atoms with Crippen molar-refractivity contribution in [3.8, 4) is 0 Å². The van der Waals surface area contributed by atoms with E-state index in [2.05, 4.69) is 23.8 Å². The topological polar surface area (TPSA) is 15.7 Å². The molecule has 2 unspecified atom stereocenters. The van der Waals surface area contributed by atoms with Gasteiger partial charge in [-0.15, -0.1) is 0 Å². The van der Waals surface area contributed by atoms with E-state index in [1.165, 1.54) is 19.6 Å². The normalized spacial score (nSPS) is 38.5. The first-order valence-electron chi connectivity index (χ1n) is 4.83. The lowest BCUT2D eigenvalue weighted by molar-refractivity contribution is -0.0840. The van der Waals surface area contributed by atoms with Crippen LogP contribution in [0, 0.1) is 0 Å². The van der Waals surface area contributed by atoms with Crippen molar-refractivity contribution in [1.29, 1.82) is 0 Å². The number of hydrogen-bond acceptors (Lipinski definition) is 3. The third kappa shape index (κ3) is 1.37. The van der Waals surface area contributed by atoms with Crippen molar-refractivity contribution in [2.24, 2.45) is 0 Å². The van der Waals surface area contributed by atoms with E-state index >= 15 is 0 Å². The fraction of sp³-hybridized carbons (Fsp3) is 1.00. The summed E-state index contributed by atoms with van der Waals surface area (Å²) in [4.78, 5) is 5.01. The Kier molecular flexibility index (Phi) is 2.35. The summed E-state index contributed by atoms with van der Waals surface area (Å²) in [5.74, 6) is 0. The van der Waals surface area contributed by atoms with Crippen LogP contribution in [0.1, 0.15) is 6.92 Å². The van der Waals surface area contributed by atoms with Crippen LogP contribution in [0.4, 0.5) is 0 Å². The maximum absolute atomic E-state index is 5.53. The second kappa shape index (κ2) is 3.32. The molecule has 0 radical (unpaired) electrons. The molecule has 2 bridgehead atoms. The molecular formula is C9H18N2O. The van der Waals surface area contributed by atoms with Crippen LogP contribution in [0.5, 0.6) is 0 Å². The van der Waals surface area contributed by atoms with Gasteiger partial charge in [0.05, 0.1) is 13.2 Å². The van der Waals surface area contributed by atoms with Gasteiger partial charge in [-0.25, -0.2) is 0 Å². The van der Waals surface area contributed by atoms with Crippen molar-refractivity contribution in [3.63, 3.8) is 0 Å². The zero-order chi connectivity index (χ0) is 8.55. The Labute approximate surface area is 74.3 Å². The number of piperazine rings is 1. The zero-order valence-electron chi connectivity index (χ0n) is 7.99. The first-order valence-corrected chi connectivity index (χ1v) is 4.83. The number of rotatable bonds is 1. The minimum absolute atomic E-state index is 0.637. The number of nitrogens with zero attached hydrogens (tertiary/aromatic N) is 2. The van der Waals surface area contributed by atoms with Crippen LogP contribution in [0.2, 0.25) is 0 Å². The summed E-state index contributed by atoms with van der Waals surface area (Å²) in [6.07, 6.45) is 0. The minimum Gasteiger partial charge on any atom is -0.378 e. The standard InChI is InChI=1S/C9H18N2O/c1-3-11-4-8-6-12-7-9(5-11)10(8)2/h8-9H,3-7H2,1-2H3. The first kappa shape index (κ1) is 8.48. The molecule has 0 aliphatic carbocycles. The zero-order valence-corrected chi connectivity index (χ0v) is 7.99. The molecular weight excluding hydrogens is 152 g/mol. The Morgan fingerprint density at radius 1 is 1.25 bits per heavy atom. The SMILES string of the molecule is CCN1CC2COCC(C1)N2C. The van der Waals surface area contributed by atoms with E-state index in [1.54, 1.807) is 0 Å². The van der Waals surface area contributed by atoms with Gasteiger partial charge in [0.1, 0.15) is 0 Å². The second-order valence-corrected chi connectivity index (χ2v) is 3.86. The van der Waals surface area contributed by atoms with Crippen molar-refractivity contribution in [2.45, 2.75) is 19.0 Å². The average molecular weight is 170 g/mol. The van der Waals surface area contributed by atoms with E-state index in [1.807, 2.05) is 0 Å². The number of hydrogen-bond donors (Lipinski definition) is 0. The fourth-order valence-electron chi connectivity index (χ4n) is 2.17. The molecule has 2 aliphatic rings. The third-order valence-corrected chi connectivity index (χ3v) is 3.16. The minimum atomic E-state index is 0.637. The van der Waals surface area contributed by atoms with E-state index in [0.717, 1.165) is 13.2 Å². The summed E-state index contributed by atoms with van der Waals surface area (Å²) >= 11 is 0. The van der Waals surface area contributed by atoms with Gasteiger partial charge in [-0.1, -0.05) is 6.92 Å². The van der Waals surface area contributed by atoms with E-state index in [0.29, 0.717) is 12.1 Å². The van der Waals surface area contributed by atoms with Gasteiger partial charge in [-0.05, 0) is 13.6 Å². The molecule has 0 N–H and O–H groups in total. The van der Waals surface area contributed by atoms with E-state index in [-0.39, 0.29) is 0 Å². The molecule has 0 amide bonds. The highest BCUT2D eigenvalue weighted by molar-refractivity contribution is 4.89. The van der Waals surface area contributed by atoms with Crippen molar-refractivity contribution >= 4 is 0 Å². The highest BCUT2D eigenvalue weighted by atomic mass is 16.5. The summed E-state index contributed by atoms with van der Waals surface area (Å²) in [7, 11) is 2.23. The Morgan fingerprint density at radius 2 is 1.83 bits per heavy atom. The number of morpholine rings is 1. The Balaban J connectivity index is 2.02. The van der Waals surface area contributed by atoms with Gasteiger partial charge in [-0.3, -0.25) is 4.90 Å². The Bertz CT molecular complexity index is 149. The molecule has 3 heteroatoms. The molecule has 70 valence electrons. The lowest BCUT2D eigenvalue weighted by atomic mass is 10.1. The Hall–Kier alpha value is -0.120. The molecule has 12 heavy (non-hydrogen) atoms. The van der Waals surface area contributed by atoms with Crippen LogP contribution in [0.15, 0.2) is 0 Å². The predicted octanol–water partition coefficient (Wildman–Crippen LogP) is 0.0211. The monoisotopic (exact) mass is 170 g/mol. The molecule has 0 aromatic carbocycles. The largest absolute Gasteiger partial charge is 0.378 e. The highest BCUT2D eigenvalue weighted by Crippen LogP contribution is 2.18. The summed E-state index contributed by atoms with van der Waals surface area (Å²) in [6.45, 7) is 7.63. The van der Waals surface area contributed by atoms with Crippen LogP contribution in [0.3, 0.4) is 0 Å². The van der Waals surface area contributed by atoms with Gasteiger partial charge in [-0.2, -0.15) is 0 Å². The summed E-state index contributed by atoms with van der Waals surface area (Å²) < 4.78 is 5.53. The fourth-order valence-corrected chi connectivity index (χ4v) is 2.17. The van der Waals surface area contributed by atoms with Crippen LogP contribution < -0.4 is 0 Å². The summed E-state index contributed by atoms with van der Waals surface area (Å²) in [5.41, 5.74) is 0. The lowest BCUT2D eigenvalue weighted by Gasteiger charge is -2.47. The van der Waals surface area contributed by atoms with Crippen LogP contribution >= 0.6 is 0 Å². The molecule has 0 aromatic heterocycles. The van der Waals surface area contributed by atoms with Gasteiger partial charge < -0.3 is 9.64 Å². The van der Waals surface area contributed by atoms with Crippen molar-refractivity contribution in [2.75, 3.05) is 39.9 Å². The van der Waals surface area contributed by atoms with Gasteiger partial charge in [0.15, 0.2) is 0 Å². The lowest BCUT2D eigenvalue weighted by Crippen LogP contribution is -2.62. The first-order chi connectivity index (χ1) is 5.81. The molecule has 2 fully saturated rings. The number of fused-ring (bicyclic) bond motifs is 2. The summed E-state index contributed by atoms with van der Waals surface area (Å²) in [5, 5.41) is 0. The van der Waals surface area contributed by atoms with Gasteiger partial charge >= 0.3 is 0 Å². The van der Waals surface area contributed by atoms with E-state index in [9.17, 15) is 0 Å². The molecule has 2 aliphatic heterocycles. The van der Waals surface area contributed by atoms with Crippen molar-refractivity contribution in [1.82, 2.24) is 9.80 Å². The van der Waals surface area contributed by atoms with Gasteiger partial charge in [0.2, 0.25) is 0 Å².